The number of aromatic amines is 1. The highest BCUT2D eigenvalue weighted by Gasteiger charge is 2.31. The molecule has 1 unspecified atom stereocenters. The van der Waals surface area contributed by atoms with Crippen LogP contribution in [0.2, 0.25) is 0 Å². The summed E-state index contributed by atoms with van der Waals surface area (Å²) in [5, 5.41) is 2.76. The van der Waals surface area contributed by atoms with Gasteiger partial charge in [0.1, 0.15) is 11.4 Å². The van der Waals surface area contributed by atoms with Crippen molar-refractivity contribution in [3.8, 4) is 0 Å². The molecular weight excluding hydrogens is 351 g/mol. The number of piperidine rings is 1. The van der Waals surface area contributed by atoms with E-state index in [2.05, 4.69) is 20.3 Å². The highest BCUT2D eigenvalue weighted by Crippen LogP contribution is 2.29. The summed E-state index contributed by atoms with van der Waals surface area (Å²) in [4.78, 5) is 35.6. The monoisotopic (exact) mass is 367 g/mol. The summed E-state index contributed by atoms with van der Waals surface area (Å²) in [6, 6.07) is 2.05. The van der Waals surface area contributed by atoms with Gasteiger partial charge in [0.05, 0.1) is 11.9 Å². The number of aromatic nitrogens is 3. The molecule has 10 heteroatoms. The van der Waals surface area contributed by atoms with Crippen LogP contribution in [0.25, 0.3) is 0 Å². The van der Waals surface area contributed by atoms with Gasteiger partial charge >= 0.3 is 6.18 Å². The maximum Gasteiger partial charge on any atom is 0.417 e. The number of nitrogens with zero attached hydrogens (tertiary/aromatic N) is 3. The Kier molecular flexibility index (Phi) is 4.92. The molecule has 0 aromatic carbocycles. The minimum absolute atomic E-state index is 0.0859. The third-order valence-corrected chi connectivity index (χ3v) is 4.12. The molecule has 1 atom stereocenters. The molecule has 0 saturated carbocycles. The van der Waals surface area contributed by atoms with Crippen LogP contribution in [0.3, 0.4) is 0 Å². The molecule has 138 valence electrons. The van der Waals surface area contributed by atoms with Crippen molar-refractivity contribution in [2.24, 2.45) is 0 Å². The van der Waals surface area contributed by atoms with E-state index in [0.717, 1.165) is 18.7 Å². The number of pyridine rings is 1. The summed E-state index contributed by atoms with van der Waals surface area (Å²) in [6.07, 6.45) is 0.176. The van der Waals surface area contributed by atoms with Crippen LogP contribution in [-0.4, -0.2) is 40.0 Å². The summed E-state index contributed by atoms with van der Waals surface area (Å²) >= 11 is 0. The molecule has 1 aliphatic heterocycles. The number of hydrogen-bond acceptors (Lipinski definition) is 5. The fraction of sp³-hybridized carbons (Fsp3) is 0.375. The van der Waals surface area contributed by atoms with Crippen molar-refractivity contribution in [1.82, 2.24) is 20.3 Å². The van der Waals surface area contributed by atoms with Crippen LogP contribution in [0.5, 0.6) is 0 Å². The van der Waals surface area contributed by atoms with E-state index >= 15 is 0 Å². The van der Waals surface area contributed by atoms with E-state index in [1.807, 2.05) is 4.90 Å². The molecule has 2 aromatic rings. The molecule has 1 amide bonds. The van der Waals surface area contributed by atoms with Gasteiger partial charge in [-0.25, -0.2) is 9.97 Å². The van der Waals surface area contributed by atoms with E-state index in [4.69, 9.17) is 0 Å². The Morgan fingerprint density at radius 1 is 1.31 bits per heavy atom. The van der Waals surface area contributed by atoms with Crippen molar-refractivity contribution in [2.75, 3.05) is 18.0 Å². The summed E-state index contributed by atoms with van der Waals surface area (Å²) in [6.45, 7) is 1.01. The van der Waals surface area contributed by atoms with Gasteiger partial charge in [-0.3, -0.25) is 9.59 Å². The van der Waals surface area contributed by atoms with E-state index in [0.29, 0.717) is 25.3 Å². The molecule has 2 N–H and O–H groups in total. The number of H-pyrrole nitrogens is 1. The molecule has 1 aliphatic rings. The Morgan fingerprint density at radius 2 is 2.12 bits per heavy atom. The summed E-state index contributed by atoms with van der Waals surface area (Å²) in [5.74, 6) is -0.122. The average Bonchev–Trinajstić information content (AvgIpc) is 2.61. The highest BCUT2D eigenvalue weighted by atomic mass is 19.4. The average molecular weight is 367 g/mol. The number of amides is 1. The molecule has 3 rings (SSSR count). The Balaban J connectivity index is 1.67. The van der Waals surface area contributed by atoms with E-state index in [-0.39, 0.29) is 11.6 Å². The highest BCUT2D eigenvalue weighted by molar-refractivity contribution is 5.93. The molecule has 0 spiro atoms. The quantitative estimate of drug-likeness (QED) is 0.860. The third kappa shape index (κ3) is 4.01. The summed E-state index contributed by atoms with van der Waals surface area (Å²) in [5.41, 5.74) is -1.43. The maximum atomic E-state index is 12.6. The number of hydrogen-bond donors (Lipinski definition) is 2. The molecule has 26 heavy (non-hydrogen) atoms. The van der Waals surface area contributed by atoms with Crippen LogP contribution < -0.4 is 15.8 Å². The topological polar surface area (TPSA) is 91.0 Å². The van der Waals surface area contributed by atoms with Crippen LogP contribution in [0, 0.1) is 0 Å². The standard InChI is InChI=1S/C16H16F3N5O2/c17-16(18,19)10-3-4-13(21-6-10)24-5-1-2-11(8-24)23-15(26)12-7-20-9-22-14(12)25/h3-4,6-7,9,11H,1-2,5,8H2,(H,23,26)(H,20,22,25). The zero-order chi connectivity index (χ0) is 18.7. The number of nitrogens with one attached hydrogen (secondary N) is 2. The number of alkyl halides is 3. The predicted octanol–water partition coefficient (Wildman–Crippen LogP) is 1.58. The molecule has 7 nitrogen and oxygen atoms in total. The van der Waals surface area contributed by atoms with Crippen molar-refractivity contribution in [2.45, 2.75) is 25.1 Å². The van der Waals surface area contributed by atoms with E-state index in [9.17, 15) is 22.8 Å². The van der Waals surface area contributed by atoms with Gasteiger partial charge in [-0.15, -0.1) is 0 Å². The lowest BCUT2D eigenvalue weighted by Gasteiger charge is -2.34. The zero-order valence-electron chi connectivity index (χ0n) is 13.6. The van der Waals surface area contributed by atoms with Crippen LogP contribution in [0.15, 0.2) is 35.6 Å². The lowest BCUT2D eigenvalue weighted by Crippen LogP contribution is -2.48. The number of halogens is 3. The first-order valence-corrected chi connectivity index (χ1v) is 7.96. The lowest BCUT2D eigenvalue weighted by atomic mass is 10.1. The smallest absolute Gasteiger partial charge is 0.355 e. The second-order valence-corrected chi connectivity index (χ2v) is 5.96. The van der Waals surface area contributed by atoms with Crippen LogP contribution in [-0.2, 0) is 6.18 Å². The van der Waals surface area contributed by atoms with Gasteiger partial charge in [-0.05, 0) is 25.0 Å². The largest absolute Gasteiger partial charge is 0.417 e. The first kappa shape index (κ1) is 17.9. The fourth-order valence-corrected chi connectivity index (χ4v) is 2.81. The first-order chi connectivity index (χ1) is 12.3. The number of rotatable bonds is 3. The van der Waals surface area contributed by atoms with E-state index in [1.54, 1.807) is 0 Å². The molecule has 3 heterocycles. The molecule has 0 bridgehead atoms. The minimum Gasteiger partial charge on any atom is -0.355 e. The van der Waals surface area contributed by atoms with Gasteiger partial charge in [0.25, 0.3) is 11.5 Å². The maximum absolute atomic E-state index is 12.6. The molecular formula is C16H16F3N5O2. The molecule has 0 aliphatic carbocycles. The van der Waals surface area contributed by atoms with Crippen molar-refractivity contribution >= 4 is 11.7 Å². The summed E-state index contributed by atoms with van der Waals surface area (Å²) < 4.78 is 37.9. The normalized spacial score (nSPS) is 17.8. The summed E-state index contributed by atoms with van der Waals surface area (Å²) in [7, 11) is 0. The van der Waals surface area contributed by atoms with Gasteiger partial charge in [0.2, 0.25) is 0 Å². The van der Waals surface area contributed by atoms with Crippen molar-refractivity contribution < 1.29 is 18.0 Å². The first-order valence-electron chi connectivity index (χ1n) is 7.96. The number of anilines is 1. The Morgan fingerprint density at radius 3 is 2.77 bits per heavy atom. The van der Waals surface area contributed by atoms with Crippen molar-refractivity contribution in [1.29, 1.82) is 0 Å². The van der Waals surface area contributed by atoms with Crippen molar-refractivity contribution in [3.05, 3.63) is 52.3 Å². The fourth-order valence-electron chi connectivity index (χ4n) is 2.81. The van der Waals surface area contributed by atoms with E-state index in [1.165, 1.54) is 18.6 Å². The van der Waals surface area contributed by atoms with Crippen LogP contribution in [0.1, 0.15) is 28.8 Å². The second-order valence-electron chi connectivity index (χ2n) is 5.96. The lowest BCUT2D eigenvalue weighted by molar-refractivity contribution is -0.137. The van der Waals surface area contributed by atoms with Gasteiger partial charge < -0.3 is 15.2 Å². The van der Waals surface area contributed by atoms with Gasteiger partial charge in [-0.2, -0.15) is 13.2 Å². The second kappa shape index (κ2) is 7.14. The third-order valence-electron chi connectivity index (χ3n) is 4.12. The van der Waals surface area contributed by atoms with Crippen molar-refractivity contribution in [3.63, 3.8) is 0 Å². The van der Waals surface area contributed by atoms with Crippen LogP contribution >= 0.6 is 0 Å². The number of carbonyl (C=O) groups is 1. The van der Waals surface area contributed by atoms with Gasteiger partial charge in [0, 0.05) is 31.5 Å². The zero-order valence-corrected chi connectivity index (χ0v) is 13.6. The van der Waals surface area contributed by atoms with Gasteiger partial charge in [-0.1, -0.05) is 0 Å². The molecule has 0 radical (unpaired) electrons. The number of carbonyl (C=O) groups excluding carboxylic acids is 1. The molecule has 1 fully saturated rings. The Bertz CT molecular complexity index is 835. The predicted molar refractivity (Wildman–Crippen MR) is 86.8 cm³/mol. The van der Waals surface area contributed by atoms with E-state index < -0.39 is 23.2 Å². The van der Waals surface area contributed by atoms with Crippen LogP contribution in [0.4, 0.5) is 19.0 Å². The minimum atomic E-state index is -4.43. The van der Waals surface area contributed by atoms with Gasteiger partial charge in [0.15, 0.2) is 0 Å². The SMILES string of the molecule is O=C(NC1CCCN(c2ccc(C(F)(F)F)cn2)C1)c1cnc[nH]c1=O. The Hall–Kier alpha value is -2.91. The molecule has 1 saturated heterocycles. The molecule has 2 aromatic heterocycles. The Labute approximate surface area is 146 Å².